The van der Waals surface area contributed by atoms with Gasteiger partial charge in [-0.2, -0.15) is 0 Å². The SMILES string of the molecule is CC(Cn1cnc2c(N)ncnc21)OCP(=O)(NC(C)(C)C(=O)O)N(C)Cc1ccc(C(C)C)cc1. The summed E-state index contributed by atoms with van der Waals surface area (Å²) in [6.07, 6.45) is 2.42. The number of nitrogens with zero attached hydrogens (tertiary/aromatic N) is 5. The molecule has 196 valence electrons. The Morgan fingerprint density at radius 2 is 1.89 bits per heavy atom. The van der Waals surface area contributed by atoms with Gasteiger partial charge in [0.2, 0.25) is 7.44 Å². The van der Waals surface area contributed by atoms with Crippen LogP contribution in [0.4, 0.5) is 5.82 Å². The lowest BCUT2D eigenvalue weighted by atomic mass is 10.0. The molecule has 2 aromatic heterocycles. The lowest BCUT2D eigenvalue weighted by molar-refractivity contribution is -0.142. The van der Waals surface area contributed by atoms with Gasteiger partial charge in [-0.15, -0.1) is 0 Å². The number of aromatic nitrogens is 4. The van der Waals surface area contributed by atoms with Crippen molar-refractivity contribution in [3.05, 3.63) is 48.0 Å². The molecule has 2 unspecified atom stereocenters. The van der Waals surface area contributed by atoms with E-state index in [1.807, 2.05) is 19.1 Å². The summed E-state index contributed by atoms with van der Waals surface area (Å²) in [7, 11) is -1.76. The van der Waals surface area contributed by atoms with Gasteiger partial charge in [-0.1, -0.05) is 38.1 Å². The molecular formula is C24H36N7O4P. The number of hydrogen-bond donors (Lipinski definition) is 3. The average molecular weight is 518 g/mol. The molecule has 3 rings (SSSR count). The van der Waals surface area contributed by atoms with Gasteiger partial charge in [0.15, 0.2) is 11.5 Å². The molecule has 0 aliphatic carbocycles. The van der Waals surface area contributed by atoms with Crippen molar-refractivity contribution in [2.45, 2.75) is 65.3 Å². The summed E-state index contributed by atoms with van der Waals surface area (Å²) in [6, 6.07) is 8.11. The van der Waals surface area contributed by atoms with E-state index in [1.54, 1.807) is 22.6 Å². The van der Waals surface area contributed by atoms with Crippen molar-refractivity contribution in [1.82, 2.24) is 29.3 Å². The number of rotatable bonds is 12. The summed E-state index contributed by atoms with van der Waals surface area (Å²) in [6.45, 7) is 9.80. The second-order valence-corrected chi connectivity index (χ2v) is 12.5. The Balaban J connectivity index is 1.75. The van der Waals surface area contributed by atoms with E-state index >= 15 is 0 Å². The molecule has 12 heteroatoms. The Bertz CT molecular complexity index is 1240. The van der Waals surface area contributed by atoms with Crippen LogP contribution in [0.25, 0.3) is 11.2 Å². The van der Waals surface area contributed by atoms with Crippen molar-refractivity contribution in [3.8, 4) is 0 Å². The Morgan fingerprint density at radius 1 is 1.22 bits per heavy atom. The van der Waals surface area contributed by atoms with E-state index in [1.165, 1.54) is 25.7 Å². The van der Waals surface area contributed by atoms with E-state index < -0.39 is 19.0 Å². The number of carboxylic acid groups (broad SMARTS) is 1. The molecule has 0 aliphatic rings. The number of hydrogen-bond acceptors (Lipinski definition) is 7. The van der Waals surface area contributed by atoms with Gasteiger partial charge < -0.3 is 20.1 Å². The molecular weight excluding hydrogens is 481 g/mol. The first-order valence-corrected chi connectivity index (χ1v) is 13.6. The maximum atomic E-state index is 14.1. The molecule has 0 aliphatic heterocycles. The van der Waals surface area contributed by atoms with Crippen LogP contribution in [0.1, 0.15) is 51.7 Å². The summed E-state index contributed by atoms with van der Waals surface area (Å²) in [5.41, 5.74) is 7.70. The molecule has 1 aromatic carbocycles. The average Bonchev–Trinajstić information content (AvgIpc) is 3.21. The van der Waals surface area contributed by atoms with E-state index in [0.717, 1.165) is 5.56 Å². The van der Waals surface area contributed by atoms with Gasteiger partial charge in [-0.25, -0.2) is 24.7 Å². The van der Waals surface area contributed by atoms with Crippen LogP contribution >= 0.6 is 7.44 Å². The van der Waals surface area contributed by atoms with Gasteiger partial charge in [0, 0.05) is 6.54 Å². The van der Waals surface area contributed by atoms with E-state index in [0.29, 0.717) is 36.0 Å². The van der Waals surface area contributed by atoms with Crippen LogP contribution in [0.2, 0.25) is 0 Å². The number of aliphatic carboxylic acids is 1. The van der Waals surface area contributed by atoms with E-state index in [4.69, 9.17) is 10.5 Å². The van der Waals surface area contributed by atoms with Crippen molar-refractivity contribution >= 4 is 30.4 Å². The van der Waals surface area contributed by atoms with Crippen LogP contribution in [0.3, 0.4) is 0 Å². The third kappa shape index (κ3) is 6.47. The molecule has 0 fully saturated rings. The van der Waals surface area contributed by atoms with Crippen molar-refractivity contribution in [2.75, 3.05) is 19.1 Å². The quantitative estimate of drug-likeness (QED) is 0.304. The van der Waals surface area contributed by atoms with Gasteiger partial charge >= 0.3 is 5.97 Å². The fourth-order valence-corrected chi connectivity index (χ4v) is 5.93. The predicted molar refractivity (Wildman–Crippen MR) is 140 cm³/mol. The monoisotopic (exact) mass is 517 g/mol. The molecule has 0 radical (unpaired) electrons. The number of nitrogens with two attached hydrogens (primary N) is 1. The first kappa shape index (κ1) is 27.7. The van der Waals surface area contributed by atoms with Crippen LogP contribution in [-0.4, -0.2) is 60.3 Å². The molecule has 4 N–H and O–H groups in total. The summed E-state index contributed by atoms with van der Waals surface area (Å²) >= 11 is 0. The minimum absolute atomic E-state index is 0.185. The summed E-state index contributed by atoms with van der Waals surface area (Å²) < 4.78 is 23.6. The zero-order valence-corrected chi connectivity index (χ0v) is 22.6. The first-order valence-electron chi connectivity index (χ1n) is 11.8. The van der Waals surface area contributed by atoms with Crippen LogP contribution in [0.5, 0.6) is 0 Å². The van der Waals surface area contributed by atoms with Gasteiger partial charge in [-0.05, 0) is 44.9 Å². The number of carboxylic acids is 1. The number of nitrogens with one attached hydrogen (secondary N) is 1. The summed E-state index contributed by atoms with van der Waals surface area (Å²) in [5, 5.41) is 12.5. The minimum atomic E-state index is -3.47. The molecule has 0 saturated carbocycles. The molecule has 2 atom stereocenters. The Hall–Kier alpha value is -2.85. The third-order valence-corrected chi connectivity index (χ3v) is 8.67. The number of nitrogen functional groups attached to an aromatic ring is 1. The smallest absolute Gasteiger partial charge is 0.323 e. The van der Waals surface area contributed by atoms with E-state index in [2.05, 4.69) is 46.0 Å². The number of anilines is 1. The van der Waals surface area contributed by atoms with Gasteiger partial charge in [0.25, 0.3) is 0 Å². The van der Waals surface area contributed by atoms with Crippen molar-refractivity contribution in [1.29, 1.82) is 0 Å². The molecule has 0 amide bonds. The van der Waals surface area contributed by atoms with Gasteiger partial charge in [-0.3, -0.25) is 9.36 Å². The van der Waals surface area contributed by atoms with Crippen molar-refractivity contribution in [3.63, 3.8) is 0 Å². The molecule has 0 bridgehead atoms. The minimum Gasteiger partial charge on any atom is -0.480 e. The summed E-state index contributed by atoms with van der Waals surface area (Å²) in [4.78, 5) is 24.2. The predicted octanol–water partition coefficient (Wildman–Crippen LogP) is 3.67. The number of ether oxygens (including phenoxy) is 1. The second-order valence-electron chi connectivity index (χ2n) is 9.89. The highest BCUT2D eigenvalue weighted by molar-refractivity contribution is 7.59. The highest BCUT2D eigenvalue weighted by Crippen LogP contribution is 2.47. The van der Waals surface area contributed by atoms with Crippen molar-refractivity contribution < 1.29 is 19.2 Å². The number of carbonyl (C=O) groups is 1. The maximum Gasteiger partial charge on any atom is 0.323 e. The van der Waals surface area contributed by atoms with Crippen LogP contribution in [0.15, 0.2) is 36.9 Å². The highest BCUT2D eigenvalue weighted by atomic mass is 31.2. The standard InChI is InChI=1S/C24H36N7O4P/c1-16(2)19-9-7-18(8-10-19)12-30(6)36(34,29-24(4,5)23(32)33)15-35-17(3)11-31-14-28-20-21(25)26-13-27-22(20)31/h7-10,13-14,16-17H,11-12,15H2,1-6H3,(H,29,34)(H,32,33)(H2,25,26,27). The number of fused-ring (bicyclic) bond motifs is 1. The van der Waals surface area contributed by atoms with Crippen LogP contribution in [-0.2, 0) is 27.2 Å². The maximum absolute atomic E-state index is 14.1. The van der Waals surface area contributed by atoms with E-state index in [9.17, 15) is 14.5 Å². The zero-order valence-electron chi connectivity index (χ0n) is 21.7. The van der Waals surface area contributed by atoms with Gasteiger partial charge in [0.1, 0.15) is 23.7 Å². The molecule has 2 heterocycles. The number of benzene rings is 1. The first-order chi connectivity index (χ1) is 16.8. The lowest BCUT2D eigenvalue weighted by Gasteiger charge is -2.35. The molecule has 11 nitrogen and oxygen atoms in total. The third-order valence-electron chi connectivity index (χ3n) is 6.02. The normalized spacial score (nSPS) is 14.9. The Kier molecular flexibility index (Phi) is 8.51. The highest BCUT2D eigenvalue weighted by Gasteiger charge is 2.39. The fourth-order valence-electron chi connectivity index (χ4n) is 3.68. The zero-order chi connectivity index (χ0) is 26.7. The topological polar surface area (TPSA) is 148 Å². The molecule has 0 saturated heterocycles. The fraction of sp³-hybridized carbons (Fsp3) is 0.500. The van der Waals surface area contributed by atoms with Crippen LogP contribution < -0.4 is 10.8 Å². The van der Waals surface area contributed by atoms with Crippen molar-refractivity contribution in [2.24, 2.45) is 0 Å². The lowest BCUT2D eigenvalue weighted by Crippen LogP contribution is -2.47. The Morgan fingerprint density at radius 3 is 2.50 bits per heavy atom. The van der Waals surface area contributed by atoms with E-state index in [-0.39, 0.29) is 12.5 Å². The molecule has 36 heavy (non-hydrogen) atoms. The largest absolute Gasteiger partial charge is 0.480 e. The Labute approximate surface area is 211 Å². The number of imidazole rings is 1. The molecule has 3 aromatic rings. The second kappa shape index (κ2) is 11.0. The van der Waals surface area contributed by atoms with Gasteiger partial charge in [0.05, 0.1) is 19.0 Å². The molecule has 0 spiro atoms. The van der Waals surface area contributed by atoms with Crippen LogP contribution in [0, 0.1) is 0 Å². The summed E-state index contributed by atoms with van der Waals surface area (Å²) in [5.74, 6) is -0.404.